The molecule has 6 heteroatoms. The minimum Gasteiger partial charge on any atom is -0.480 e. The van der Waals surface area contributed by atoms with Crippen molar-refractivity contribution in [3.05, 3.63) is 34.7 Å². The number of carboxylic acid groups (broad SMARTS) is 1. The van der Waals surface area contributed by atoms with Crippen molar-refractivity contribution >= 4 is 11.7 Å². The molecule has 0 aliphatic rings. The third-order valence-electron chi connectivity index (χ3n) is 1.67. The fourth-order valence-electron chi connectivity index (χ4n) is 1.02. The van der Waals surface area contributed by atoms with Crippen molar-refractivity contribution in [2.24, 2.45) is 5.18 Å². The molecule has 0 radical (unpaired) electrons. The number of ether oxygens (including phenoxy) is 1. The largest absolute Gasteiger partial charge is 0.480 e. The molecule has 0 heterocycles. The standard InChI is InChI=1S/C9H9NO5/c11-8(12)5-15-9(13)6-3-1-2-4-7(6)10-14/h1-4,9,13H,5H2,(H,11,12). The van der Waals surface area contributed by atoms with E-state index in [1.165, 1.54) is 12.1 Å². The number of nitrogens with zero attached hydrogens (tertiary/aromatic N) is 1. The van der Waals surface area contributed by atoms with E-state index in [1.54, 1.807) is 12.1 Å². The van der Waals surface area contributed by atoms with E-state index >= 15 is 0 Å². The molecular weight excluding hydrogens is 202 g/mol. The zero-order valence-electron chi connectivity index (χ0n) is 7.66. The van der Waals surface area contributed by atoms with Crippen LogP contribution in [-0.2, 0) is 9.53 Å². The molecule has 15 heavy (non-hydrogen) atoms. The number of nitroso groups, excluding NO2 is 1. The monoisotopic (exact) mass is 211 g/mol. The second kappa shape index (κ2) is 5.18. The van der Waals surface area contributed by atoms with Gasteiger partial charge in [-0.05, 0) is 11.2 Å². The molecule has 0 aliphatic heterocycles. The molecule has 0 amide bonds. The lowest BCUT2D eigenvalue weighted by atomic mass is 10.2. The first kappa shape index (κ1) is 11.3. The van der Waals surface area contributed by atoms with Crippen LogP contribution in [0.1, 0.15) is 11.9 Å². The first-order chi connectivity index (χ1) is 7.15. The van der Waals surface area contributed by atoms with Crippen LogP contribution in [0.2, 0.25) is 0 Å². The zero-order chi connectivity index (χ0) is 11.3. The summed E-state index contributed by atoms with van der Waals surface area (Å²) in [6, 6.07) is 5.99. The van der Waals surface area contributed by atoms with Crippen molar-refractivity contribution in [1.82, 2.24) is 0 Å². The lowest BCUT2D eigenvalue weighted by Gasteiger charge is -2.11. The third kappa shape index (κ3) is 3.12. The van der Waals surface area contributed by atoms with E-state index < -0.39 is 18.9 Å². The minimum atomic E-state index is -1.46. The minimum absolute atomic E-state index is 0.0235. The fourth-order valence-corrected chi connectivity index (χ4v) is 1.02. The van der Waals surface area contributed by atoms with Crippen molar-refractivity contribution in [2.75, 3.05) is 6.61 Å². The van der Waals surface area contributed by atoms with Crippen LogP contribution in [-0.4, -0.2) is 22.8 Å². The second-order valence-electron chi connectivity index (χ2n) is 2.71. The van der Waals surface area contributed by atoms with Gasteiger partial charge in [0.15, 0.2) is 6.29 Å². The summed E-state index contributed by atoms with van der Waals surface area (Å²) < 4.78 is 4.59. The molecule has 0 saturated heterocycles. The molecule has 0 aromatic heterocycles. The van der Waals surface area contributed by atoms with Gasteiger partial charge < -0.3 is 14.9 Å². The van der Waals surface area contributed by atoms with Gasteiger partial charge >= 0.3 is 5.97 Å². The molecule has 0 aliphatic carbocycles. The molecule has 0 bridgehead atoms. The fraction of sp³-hybridized carbons (Fsp3) is 0.222. The maximum Gasteiger partial charge on any atom is 0.329 e. The van der Waals surface area contributed by atoms with Crippen LogP contribution in [0.3, 0.4) is 0 Å². The van der Waals surface area contributed by atoms with Crippen LogP contribution in [0.25, 0.3) is 0 Å². The Morgan fingerprint density at radius 3 is 2.73 bits per heavy atom. The van der Waals surface area contributed by atoms with Crippen molar-refractivity contribution < 1.29 is 19.7 Å². The predicted molar refractivity (Wildman–Crippen MR) is 50.4 cm³/mol. The molecule has 1 atom stereocenters. The summed E-state index contributed by atoms with van der Waals surface area (Å²) in [5.74, 6) is -1.20. The summed E-state index contributed by atoms with van der Waals surface area (Å²) in [5.41, 5.74) is 0.170. The number of hydrogen-bond acceptors (Lipinski definition) is 5. The van der Waals surface area contributed by atoms with E-state index in [-0.39, 0.29) is 11.3 Å². The average Bonchev–Trinajstić information content (AvgIpc) is 2.25. The van der Waals surface area contributed by atoms with E-state index in [0.29, 0.717) is 0 Å². The summed E-state index contributed by atoms with van der Waals surface area (Å²) >= 11 is 0. The molecule has 1 unspecified atom stereocenters. The van der Waals surface area contributed by atoms with Gasteiger partial charge in [0.2, 0.25) is 0 Å². The van der Waals surface area contributed by atoms with Crippen LogP contribution in [0.4, 0.5) is 5.69 Å². The number of carboxylic acids is 1. The van der Waals surface area contributed by atoms with E-state index in [2.05, 4.69) is 9.91 Å². The van der Waals surface area contributed by atoms with Gasteiger partial charge in [0, 0.05) is 5.56 Å². The molecule has 1 rings (SSSR count). The molecule has 1 aromatic rings. The van der Waals surface area contributed by atoms with E-state index in [0.717, 1.165) is 0 Å². The lowest BCUT2D eigenvalue weighted by Crippen LogP contribution is -2.11. The van der Waals surface area contributed by atoms with Crippen LogP contribution in [0.15, 0.2) is 29.4 Å². The quantitative estimate of drug-likeness (QED) is 0.563. The summed E-state index contributed by atoms with van der Waals surface area (Å²) in [4.78, 5) is 20.5. The highest BCUT2D eigenvalue weighted by molar-refractivity contribution is 5.68. The molecule has 80 valence electrons. The predicted octanol–water partition coefficient (Wildman–Crippen LogP) is 1.18. The van der Waals surface area contributed by atoms with E-state index in [1.807, 2.05) is 0 Å². The van der Waals surface area contributed by atoms with Crippen LogP contribution >= 0.6 is 0 Å². The van der Waals surface area contributed by atoms with Crippen LogP contribution in [0, 0.1) is 4.91 Å². The number of carbonyl (C=O) groups is 1. The van der Waals surface area contributed by atoms with Crippen molar-refractivity contribution in [2.45, 2.75) is 6.29 Å². The second-order valence-corrected chi connectivity index (χ2v) is 2.71. The summed E-state index contributed by atoms with van der Waals surface area (Å²) in [7, 11) is 0. The Morgan fingerprint density at radius 1 is 1.47 bits per heavy atom. The maximum atomic E-state index is 10.3. The molecule has 2 N–H and O–H groups in total. The van der Waals surface area contributed by atoms with Crippen LogP contribution < -0.4 is 0 Å². The topological polar surface area (TPSA) is 96.2 Å². The third-order valence-corrected chi connectivity index (χ3v) is 1.67. The Hall–Kier alpha value is -1.79. The Morgan fingerprint density at radius 2 is 2.13 bits per heavy atom. The van der Waals surface area contributed by atoms with Crippen molar-refractivity contribution in [3.8, 4) is 0 Å². The molecule has 6 nitrogen and oxygen atoms in total. The highest BCUT2D eigenvalue weighted by atomic mass is 16.6. The number of hydrogen-bond donors (Lipinski definition) is 2. The highest BCUT2D eigenvalue weighted by Gasteiger charge is 2.14. The Kier molecular flexibility index (Phi) is 3.90. The van der Waals surface area contributed by atoms with Crippen LogP contribution in [0.5, 0.6) is 0 Å². The van der Waals surface area contributed by atoms with Gasteiger partial charge in [0.1, 0.15) is 12.3 Å². The number of aliphatic hydroxyl groups excluding tert-OH is 1. The van der Waals surface area contributed by atoms with E-state index in [4.69, 9.17) is 5.11 Å². The normalized spacial score (nSPS) is 12.1. The molecule has 0 spiro atoms. The number of aliphatic hydroxyl groups is 1. The first-order valence-corrected chi connectivity index (χ1v) is 4.09. The molecule has 0 fully saturated rings. The van der Waals surface area contributed by atoms with Gasteiger partial charge in [-0.25, -0.2) is 4.79 Å². The van der Waals surface area contributed by atoms with Gasteiger partial charge in [-0.15, -0.1) is 4.91 Å². The SMILES string of the molecule is O=Nc1ccccc1C(O)OCC(=O)O. The number of aliphatic carboxylic acids is 1. The number of rotatable bonds is 5. The lowest BCUT2D eigenvalue weighted by molar-refractivity contribution is -0.157. The maximum absolute atomic E-state index is 10.3. The Labute approximate surface area is 85.1 Å². The Bertz CT molecular complexity index is 365. The van der Waals surface area contributed by atoms with Gasteiger partial charge in [-0.3, -0.25) is 0 Å². The Balaban J connectivity index is 2.76. The molecule has 1 aromatic carbocycles. The summed E-state index contributed by atoms with van der Waals surface area (Å²) in [5, 5.41) is 20.4. The zero-order valence-corrected chi connectivity index (χ0v) is 7.66. The smallest absolute Gasteiger partial charge is 0.329 e. The highest BCUT2D eigenvalue weighted by Crippen LogP contribution is 2.25. The average molecular weight is 211 g/mol. The van der Waals surface area contributed by atoms with Gasteiger partial charge in [0.25, 0.3) is 0 Å². The van der Waals surface area contributed by atoms with Gasteiger partial charge in [-0.2, -0.15) is 0 Å². The van der Waals surface area contributed by atoms with Crippen molar-refractivity contribution in [3.63, 3.8) is 0 Å². The molecule has 0 saturated carbocycles. The van der Waals surface area contributed by atoms with Gasteiger partial charge in [0.05, 0.1) is 0 Å². The summed E-state index contributed by atoms with van der Waals surface area (Å²) in [6.07, 6.45) is -1.46. The summed E-state index contributed by atoms with van der Waals surface area (Å²) in [6.45, 7) is -0.644. The number of benzene rings is 1. The first-order valence-electron chi connectivity index (χ1n) is 4.09. The van der Waals surface area contributed by atoms with Crippen molar-refractivity contribution in [1.29, 1.82) is 0 Å². The molecular formula is C9H9NO5. The van der Waals surface area contributed by atoms with E-state index in [9.17, 15) is 14.8 Å². The van der Waals surface area contributed by atoms with Gasteiger partial charge in [-0.1, -0.05) is 18.2 Å².